The van der Waals surface area contributed by atoms with Gasteiger partial charge in [0.05, 0.1) is 12.3 Å². The lowest BCUT2D eigenvalue weighted by Gasteiger charge is -2.22. The van der Waals surface area contributed by atoms with E-state index in [2.05, 4.69) is 5.16 Å². The molecule has 0 bridgehead atoms. The second-order valence-electron chi connectivity index (χ2n) is 3.88. The number of rotatable bonds is 4. The Morgan fingerprint density at radius 1 is 1.60 bits per heavy atom. The van der Waals surface area contributed by atoms with Crippen LogP contribution in [-0.4, -0.2) is 23.5 Å². The molecule has 0 aromatic rings. The minimum Gasteiger partial charge on any atom is -0.466 e. The molecule has 0 aromatic heterocycles. The summed E-state index contributed by atoms with van der Waals surface area (Å²) in [5, 5.41) is 12.1. The van der Waals surface area contributed by atoms with Crippen molar-refractivity contribution in [1.82, 2.24) is 0 Å². The first-order chi connectivity index (χ1) is 7.27. The Bertz CT molecular complexity index is 238. The molecule has 0 heterocycles. The van der Waals surface area contributed by atoms with Gasteiger partial charge in [-0.25, -0.2) is 0 Å². The van der Waals surface area contributed by atoms with Gasteiger partial charge in [-0.2, -0.15) is 0 Å². The first-order valence-electron chi connectivity index (χ1n) is 5.64. The molecule has 86 valence electrons. The number of esters is 1. The first kappa shape index (κ1) is 12.0. The van der Waals surface area contributed by atoms with Crippen LogP contribution in [0.15, 0.2) is 5.16 Å². The van der Waals surface area contributed by atoms with Crippen LogP contribution in [0, 0.1) is 5.92 Å². The van der Waals surface area contributed by atoms with Crippen LogP contribution in [0.5, 0.6) is 0 Å². The van der Waals surface area contributed by atoms with Crippen LogP contribution in [0.2, 0.25) is 0 Å². The molecule has 0 aromatic carbocycles. The van der Waals surface area contributed by atoms with Gasteiger partial charge in [0.1, 0.15) is 0 Å². The van der Waals surface area contributed by atoms with Gasteiger partial charge in [0.15, 0.2) is 0 Å². The molecule has 1 rings (SSSR count). The van der Waals surface area contributed by atoms with Crippen molar-refractivity contribution in [2.45, 2.75) is 45.4 Å². The van der Waals surface area contributed by atoms with Crippen molar-refractivity contribution in [3.05, 3.63) is 0 Å². The maximum atomic E-state index is 11.2. The maximum absolute atomic E-state index is 11.2. The van der Waals surface area contributed by atoms with Gasteiger partial charge in [-0.1, -0.05) is 11.6 Å². The zero-order chi connectivity index (χ0) is 11.1. The summed E-state index contributed by atoms with van der Waals surface area (Å²) in [4.78, 5) is 11.2. The van der Waals surface area contributed by atoms with Gasteiger partial charge >= 0.3 is 5.97 Å². The highest BCUT2D eigenvalue weighted by Gasteiger charge is 2.21. The summed E-state index contributed by atoms with van der Waals surface area (Å²) >= 11 is 0. The molecule has 0 amide bonds. The molecule has 1 N–H and O–H groups in total. The number of nitrogens with zero attached hydrogens (tertiary/aromatic N) is 1. The minimum absolute atomic E-state index is 0.152. The Balaban J connectivity index is 2.32. The summed E-state index contributed by atoms with van der Waals surface area (Å²) in [6, 6.07) is 0. The van der Waals surface area contributed by atoms with E-state index in [0.717, 1.165) is 37.8 Å². The average molecular weight is 213 g/mol. The Hall–Kier alpha value is -1.06. The molecular formula is C11H19NO3. The van der Waals surface area contributed by atoms with Crippen molar-refractivity contribution in [1.29, 1.82) is 0 Å². The maximum Gasteiger partial charge on any atom is 0.305 e. The van der Waals surface area contributed by atoms with Gasteiger partial charge in [0.2, 0.25) is 0 Å². The highest BCUT2D eigenvalue weighted by Crippen LogP contribution is 2.25. The number of carbonyl (C=O) groups is 1. The molecule has 15 heavy (non-hydrogen) atoms. The van der Waals surface area contributed by atoms with Gasteiger partial charge in [0.25, 0.3) is 0 Å². The fourth-order valence-corrected chi connectivity index (χ4v) is 2.04. The smallest absolute Gasteiger partial charge is 0.305 e. The third-order valence-corrected chi connectivity index (χ3v) is 2.84. The van der Waals surface area contributed by atoms with Gasteiger partial charge in [0, 0.05) is 12.3 Å². The van der Waals surface area contributed by atoms with Gasteiger partial charge in [-0.3, -0.25) is 4.79 Å². The number of hydrogen-bond donors (Lipinski definition) is 1. The normalized spacial score (nSPS) is 24.1. The summed E-state index contributed by atoms with van der Waals surface area (Å²) < 4.78 is 4.86. The van der Waals surface area contributed by atoms with Crippen LogP contribution in [0.1, 0.15) is 45.4 Å². The van der Waals surface area contributed by atoms with Crippen LogP contribution in [0.4, 0.5) is 0 Å². The van der Waals surface area contributed by atoms with Gasteiger partial charge < -0.3 is 9.94 Å². The Morgan fingerprint density at radius 2 is 2.40 bits per heavy atom. The monoisotopic (exact) mass is 213 g/mol. The zero-order valence-corrected chi connectivity index (χ0v) is 9.24. The molecule has 4 nitrogen and oxygen atoms in total. The molecule has 1 fully saturated rings. The van der Waals surface area contributed by atoms with E-state index in [0.29, 0.717) is 13.0 Å². The third kappa shape index (κ3) is 3.90. The van der Waals surface area contributed by atoms with Crippen molar-refractivity contribution >= 4 is 11.7 Å². The van der Waals surface area contributed by atoms with Crippen LogP contribution in [0.25, 0.3) is 0 Å². The highest BCUT2D eigenvalue weighted by atomic mass is 16.5. The molecule has 1 atom stereocenters. The van der Waals surface area contributed by atoms with Crippen molar-refractivity contribution in [2.24, 2.45) is 11.1 Å². The molecule has 0 spiro atoms. The second kappa shape index (κ2) is 6.43. The lowest BCUT2D eigenvalue weighted by molar-refractivity contribution is -0.143. The summed E-state index contributed by atoms with van der Waals surface area (Å²) in [5.74, 6) is 0.119. The van der Waals surface area contributed by atoms with Gasteiger partial charge in [-0.15, -0.1) is 0 Å². The molecule has 1 saturated carbocycles. The highest BCUT2D eigenvalue weighted by molar-refractivity contribution is 5.87. The van der Waals surface area contributed by atoms with Crippen molar-refractivity contribution in [3.8, 4) is 0 Å². The van der Waals surface area contributed by atoms with Crippen LogP contribution >= 0.6 is 0 Å². The standard InChI is InChI=1S/C11H19NO3/c1-2-15-11(13)8-7-9-5-3-4-6-10(9)12-14/h9,14H,2-8H2,1H3. The van der Waals surface area contributed by atoms with Crippen molar-refractivity contribution in [3.63, 3.8) is 0 Å². The molecule has 1 unspecified atom stereocenters. The molecule has 1 aliphatic carbocycles. The Morgan fingerprint density at radius 3 is 3.07 bits per heavy atom. The summed E-state index contributed by atoms with van der Waals surface area (Å²) in [6.07, 6.45) is 5.32. The fraction of sp³-hybridized carbons (Fsp3) is 0.818. The Labute approximate surface area is 90.3 Å². The molecule has 0 saturated heterocycles. The second-order valence-corrected chi connectivity index (χ2v) is 3.88. The predicted molar refractivity (Wildman–Crippen MR) is 57.0 cm³/mol. The van der Waals surface area contributed by atoms with E-state index in [9.17, 15) is 4.79 Å². The third-order valence-electron chi connectivity index (χ3n) is 2.84. The number of ether oxygens (including phenoxy) is 1. The van der Waals surface area contributed by atoms with Crippen molar-refractivity contribution < 1.29 is 14.7 Å². The number of oxime groups is 1. The van der Waals surface area contributed by atoms with E-state index in [1.54, 1.807) is 6.92 Å². The minimum atomic E-state index is -0.152. The summed E-state index contributed by atoms with van der Waals surface area (Å²) in [5.41, 5.74) is 0.852. The van der Waals surface area contributed by atoms with Crippen LogP contribution in [0.3, 0.4) is 0 Å². The largest absolute Gasteiger partial charge is 0.466 e. The predicted octanol–water partition coefficient (Wildman–Crippen LogP) is 2.35. The SMILES string of the molecule is CCOC(=O)CCC1CCCCC1=NO. The molecule has 0 aliphatic heterocycles. The van der Waals surface area contributed by atoms with E-state index in [1.807, 2.05) is 0 Å². The summed E-state index contributed by atoms with van der Waals surface area (Å²) in [6.45, 7) is 2.24. The van der Waals surface area contributed by atoms with Crippen molar-refractivity contribution in [2.75, 3.05) is 6.61 Å². The van der Waals surface area contributed by atoms with E-state index >= 15 is 0 Å². The average Bonchev–Trinajstić information content (AvgIpc) is 2.27. The molecule has 4 heteroatoms. The molecule has 0 radical (unpaired) electrons. The summed E-state index contributed by atoms with van der Waals surface area (Å²) in [7, 11) is 0. The number of hydrogen-bond acceptors (Lipinski definition) is 4. The number of carbonyl (C=O) groups excluding carboxylic acids is 1. The van der Waals surface area contributed by atoms with E-state index < -0.39 is 0 Å². The fourth-order valence-electron chi connectivity index (χ4n) is 2.04. The topological polar surface area (TPSA) is 58.9 Å². The van der Waals surface area contributed by atoms with Gasteiger partial charge in [-0.05, 0) is 32.6 Å². The molecule has 1 aliphatic rings. The lowest BCUT2D eigenvalue weighted by Crippen LogP contribution is -2.20. The Kier molecular flexibility index (Phi) is 5.15. The van der Waals surface area contributed by atoms with Crippen LogP contribution < -0.4 is 0 Å². The van der Waals surface area contributed by atoms with Crippen LogP contribution in [-0.2, 0) is 9.53 Å². The van der Waals surface area contributed by atoms with E-state index in [1.165, 1.54) is 0 Å². The zero-order valence-electron chi connectivity index (χ0n) is 9.24. The van der Waals surface area contributed by atoms with E-state index in [4.69, 9.17) is 9.94 Å². The quantitative estimate of drug-likeness (QED) is 0.443. The molecular weight excluding hydrogens is 194 g/mol. The lowest BCUT2D eigenvalue weighted by atomic mass is 9.84. The first-order valence-corrected chi connectivity index (χ1v) is 5.64. The van der Waals surface area contributed by atoms with E-state index in [-0.39, 0.29) is 11.9 Å².